The highest BCUT2D eigenvalue weighted by atomic mass is 19.1. The van der Waals surface area contributed by atoms with Crippen molar-refractivity contribution in [1.29, 1.82) is 0 Å². The highest BCUT2D eigenvalue weighted by Crippen LogP contribution is 2.46. The van der Waals surface area contributed by atoms with Gasteiger partial charge in [0.05, 0.1) is 0 Å². The average Bonchev–Trinajstić information content (AvgIpc) is 3.20. The van der Waals surface area contributed by atoms with Gasteiger partial charge in [0.15, 0.2) is 5.76 Å². The third-order valence-electron chi connectivity index (χ3n) is 7.01. The molecule has 0 spiro atoms. The SMILES string of the molecule is Cc1cc2c(cc1Cc1ccc(C(=O)NCc3ccc(F)cc3F)o1)C(C)(C)CCC2(C)C. The normalized spacial score (nSPS) is 16.3. The Morgan fingerprint density at radius 3 is 2.27 bits per heavy atom. The molecule has 1 aliphatic rings. The van der Waals surface area contributed by atoms with Crippen LogP contribution in [0.3, 0.4) is 0 Å². The summed E-state index contributed by atoms with van der Waals surface area (Å²) in [6.45, 7) is 11.3. The van der Waals surface area contributed by atoms with Crippen LogP contribution in [0.25, 0.3) is 0 Å². The molecule has 0 unspecified atom stereocenters. The third kappa shape index (κ3) is 4.73. The molecular formula is C28H31F2NO2. The van der Waals surface area contributed by atoms with E-state index in [2.05, 4.69) is 52.1 Å². The predicted molar refractivity (Wildman–Crippen MR) is 126 cm³/mol. The first kappa shape index (κ1) is 23.2. The lowest BCUT2D eigenvalue weighted by atomic mass is 9.62. The van der Waals surface area contributed by atoms with E-state index in [4.69, 9.17) is 4.42 Å². The predicted octanol–water partition coefficient (Wildman–Crippen LogP) is 6.74. The van der Waals surface area contributed by atoms with Crippen LogP contribution in [0.4, 0.5) is 8.78 Å². The van der Waals surface area contributed by atoms with Gasteiger partial charge in [-0.3, -0.25) is 4.79 Å². The molecule has 3 nitrogen and oxygen atoms in total. The first-order valence-corrected chi connectivity index (χ1v) is 11.4. The molecule has 0 saturated heterocycles. The fourth-order valence-electron chi connectivity index (χ4n) is 4.67. The van der Waals surface area contributed by atoms with E-state index in [0.717, 1.165) is 12.5 Å². The number of hydrogen-bond acceptors (Lipinski definition) is 2. The Labute approximate surface area is 194 Å². The lowest BCUT2D eigenvalue weighted by Gasteiger charge is -2.42. The second-order valence-electron chi connectivity index (χ2n) is 10.5. The Morgan fingerprint density at radius 1 is 0.939 bits per heavy atom. The van der Waals surface area contributed by atoms with Crippen LogP contribution in [0.1, 0.15) is 84.7 Å². The summed E-state index contributed by atoms with van der Waals surface area (Å²) in [6, 6.07) is 11.4. The highest BCUT2D eigenvalue weighted by Gasteiger charge is 2.37. The van der Waals surface area contributed by atoms with E-state index in [0.29, 0.717) is 12.2 Å². The number of hydrogen-bond donors (Lipinski definition) is 1. The van der Waals surface area contributed by atoms with E-state index < -0.39 is 17.5 Å². The molecule has 1 heterocycles. The fraction of sp³-hybridized carbons (Fsp3) is 0.393. The van der Waals surface area contributed by atoms with Crippen molar-refractivity contribution in [2.45, 2.75) is 71.3 Å². The molecule has 0 atom stereocenters. The first-order valence-electron chi connectivity index (χ1n) is 11.4. The number of benzene rings is 2. The van der Waals surface area contributed by atoms with Gasteiger partial charge < -0.3 is 9.73 Å². The Morgan fingerprint density at radius 2 is 1.61 bits per heavy atom. The summed E-state index contributed by atoms with van der Waals surface area (Å²) >= 11 is 0. The van der Waals surface area contributed by atoms with Crippen molar-refractivity contribution in [3.05, 3.63) is 93.4 Å². The fourth-order valence-corrected chi connectivity index (χ4v) is 4.67. The molecule has 174 valence electrons. The van der Waals surface area contributed by atoms with Gasteiger partial charge in [-0.2, -0.15) is 0 Å². The first-order chi connectivity index (χ1) is 15.5. The zero-order chi connectivity index (χ0) is 24.0. The van der Waals surface area contributed by atoms with Crippen molar-refractivity contribution in [1.82, 2.24) is 5.32 Å². The molecule has 1 N–H and O–H groups in total. The minimum atomic E-state index is -0.690. The summed E-state index contributed by atoms with van der Waals surface area (Å²) in [5.41, 5.74) is 5.72. The van der Waals surface area contributed by atoms with Crippen LogP contribution in [-0.4, -0.2) is 5.91 Å². The van der Waals surface area contributed by atoms with Crippen LogP contribution in [0, 0.1) is 18.6 Å². The smallest absolute Gasteiger partial charge is 0.287 e. The zero-order valence-corrected chi connectivity index (χ0v) is 19.9. The number of furan rings is 1. The van der Waals surface area contributed by atoms with Gasteiger partial charge in [0.2, 0.25) is 0 Å². The molecule has 0 radical (unpaired) electrons. The largest absolute Gasteiger partial charge is 0.456 e. The standard InChI is InChI=1S/C28H31F2NO2/c1-17-12-22-23(28(4,5)11-10-27(22,2)3)14-19(17)13-21-8-9-25(33-21)26(32)31-16-18-6-7-20(29)15-24(18)30/h6-9,12,14-15H,10-11,13,16H2,1-5H3,(H,31,32). The quantitative estimate of drug-likeness (QED) is 0.467. The van der Waals surface area contributed by atoms with E-state index in [1.165, 1.54) is 40.8 Å². The molecule has 0 bridgehead atoms. The van der Waals surface area contributed by atoms with Gasteiger partial charge in [0.1, 0.15) is 17.4 Å². The molecule has 2 aromatic carbocycles. The van der Waals surface area contributed by atoms with Gasteiger partial charge in [0.25, 0.3) is 5.91 Å². The van der Waals surface area contributed by atoms with Crippen LogP contribution in [0.5, 0.6) is 0 Å². The molecule has 1 aliphatic carbocycles. The van der Waals surface area contributed by atoms with E-state index in [-0.39, 0.29) is 28.7 Å². The van der Waals surface area contributed by atoms with Gasteiger partial charge in [-0.05, 0) is 71.0 Å². The van der Waals surface area contributed by atoms with Gasteiger partial charge in [-0.15, -0.1) is 0 Å². The van der Waals surface area contributed by atoms with Crippen LogP contribution in [0.15, 0.2) is 46.9 Å². The lowest BCUT2D eigenvalue weighted by molar-refractivity contribution is 0.0921. The number of carbonyl (C=O) groups is 1. The number of halogens is 2. The lowest BCUT2D eigenvalue weighted by Crippen LogP contribution is -2.34. The second kappa shape index (κ2) is 8.44. The summed E-state index contributed by atoms with van der Waals surface area (Å²) in [5, 5.41) is 2.63. The van der Waals surface area contributed by atoms with Crippen molar-refractivity contribution in [2.24, 2.45) is 0 Å². The molecule has 4 rings (SSSR count). The Kier molecular flexibility index (Phi) is 5.94. The topological polar surface area (TPSA) is 42.2 Å². The van der Waals surface area contributed by atoms with Crippen LogP contribution in [-0.2, 0) is 23.8 Å². The van der Waals surface area contributed by atoms with Crippen LogP contribution >= 0.6 is 0 Å². The summed E-state index contributed by atoms with van der Waals surface area (Å²) in [6.07, 6.45) is 2.91. The molecule has 1 aromatic heterocycles. The maximum Gasteiger partial charge on any atom is 0.287 e. The van der Waals surface area contributed by atoms with Crippen molar-refractivity contribution in [3.63, 3.8) is 0 Å². The molecule has 5 heteroatoms. The Balaban J connectivity index is 1.50. The Bertz CT molecular complexity index is 1210. The van der Waals surface area contributed by atoms with Crippen LogP contribution < -0.4 is 5.32 Å². The number of amides is 1. The third-order valence-corrected chi connectivity index (χ3v) is 7.01. The molecule has 0 aliphatic heterocycles. The minimum absolute atomic E-state index is 0.0459. The number of rotatable bonds is 5. The van der Waals surface area contributed by atoms with E-state index >= 15 is 0 Å². The molecule has 3 aromatic rings. The van der Waals surface area contributed by atoms with Gasteiger partial charge >= 0.3 is 0 Å². The van der Waals surface area contributed by atoms with Crippen molar-refractivity contribution in [2.75, 3.05) is 0 Å². The summed E-state index contributed by atoms with van der Waals surface area (Å²) in [5.74, 6) is -0.907. The van der Waals surface area contributed by atoms with Crippen LogP contribution in [0.2, 0.25) is 0 Å². The monoisotopic (exact) mass is 451 g/mol. The summed E-state index contributed by atoms with van der Waals surface area (Å²) < 4.78 is 32.7. The summed E-state index contributed by atoms with van der Waals surface area (Å²) in [7, 11) is 0. The molecule has 33 heavy (non-hydrogen) atoms. The number of nitrogens with one attached hydrogen (secondary N) is 1. The zero-order valence-electron chi connectivity index (χ0n) is 19.9. The van der Waals surface area contributed by atoms with Crippen molar-refractivity contribution >= 4 is 5.91 Å². The molecular weight excluding hydrogens is 420 g/mol. The maximum absolute atomic E-state index is 13.8. The van der Waals surface area contributed by atoms with Gasteiger partial charge in [0, 0.05) is 24.6 Å². The van der Waals surface area contributed by atoms with Gasteiger partial charge in [-0.25, -0.2) is 8.78 Å². The van der Waals surface area contributed by atoms with E-state index in [9.17, 15) is 13.6 Å². The minimum Gasteiger partial charge on any atom is -0.456 e. The number of aryl methyl sites for hydroxylation is 1. The average molecular weight is 452 g/mol. The Hall–Kier alpha value is -2.95. The summed E-state index contributed by atoms with van der Waals surface area (Å²) in [4.78, 5) is 12.5. The van der Waals surface area contributed by atoms with Crippen molar-refractivity contribution in [3.8, 4) is 0 Å². The molecule has 1 amide bonds. The number of fused-ring (bicyclic) bond motifs is 1. The maximum atomic E-state index is 13.8. The van der Waals surface area contributed by atoms with Crippen molar-refractivity contribution < 1.29 is 18.0 Å². The van der Waals surface area contributed by atoms with E-state index in [1.807, 2.05) is 0 Å². The highest BCUT2D eigenvalue weighted by molar-refractivity contribution is 5.91. The van der Waals surface area contributed by atoms with Gasteiger partial charge in [-0.1, -0.05) is 45.9 Å². The number of carbonyl (C=O) groups excluding carboxylic acids is 1. The molecule has 0 fully saturated rings. The van der Waals surface area contributed by atoms with E-state index in [1.54, 1.807) is 12.1 Å². The molecule has 0 saturated carbocycles. The second-order valence-corrected chi connectivity index (χ2v) is 10.5.